The van der Waals surface area contributed by atoms with Gasteiger partial charge in [-0.1, -0.05) is 48.4 Å². The lowest BCUT2D eigenvalue weighted by Crippen LogP contribution is -2.37. The number of carbonyl (C=O) groups excluding carboxylic acids is 2. The Labute approximate surface area is 167 Å². The van der Waals surface area contributed by atoms with Gasteiger partial charge in [0, 0.05) is 18.7 Å². The molecule has 0 atom stereocenters. The van der Waals surface area contributed by atoms with Gasteiger partial charge in [-0.2, -0.15) is 0 Å². The summed E-state index contributed by atoms with van der Waals surface area (Å²) in [5, 5.41) is 5.61. The van der Waals surface area contributed by atoms with Gasteiger partial charge in [-0.25, -0.2) is 0 Å². The van der Waals surface area contributed by atoms with Gasteiger partial charge < -0.3 is 10.6 Å². The molecule has 1 aliphatic rings. The molecule has 0 radical (unpaired) electrons. The van der Waals surface area contributed by atoms with Crippen LogP contribution in [0.3, 0.4) is 0 Å². The van der Waals surface area contributed by atoms with Crippen LogP contribution < -0.4 is 10.6 Å². The van der Waals surface area contributed by atoms with Crippen LogP contribution in [0, 0.1) is 6.92 Å². The molecular formula is C23H29N3O2. The maximum atomic E-state index is 12.2. The first kappa shape index (κ1) is 20.1. The van der Waals surface area contributed by atoms with Crippen LogP contribution in [0.2, 0.25) is 0 Å². The summed E-state index contributed by atoms with van der Waals surface area (Å²) in [6, 6.07) is 15.6. The first-order chi connectivity index (χ1) is 13.6. The van der Waals surface area contributed by atoms with Crippen molar-refractivity contribution in [1.82, 2.24) is 15.5 Å². The normalized spacial score (nSPS) is 14.5. The summed E-state index contributed by atoms with van der Waals surface area (Å²) in [6.45, 7) is 5.60. The van der Waals surface area contributed by atoms with E-state index < -0.39 is 0 Å². The van der Waals surface area contributed by atoms with E-state index in [-0.39, 0.29) is 18.4 Å². The Morgan fingerprint density at radius 2 is 1.68 bits per heavy atom. The Balaban J connectivity index is 1.48. The van der Waals surface area contributed by atoms with Crippen LogP contribution in [0.5, 0.6) is 0 Å². The van der Waals surface area contributed by atoms with Crippen molar-refractivity contribution >= 4 is 11.8 Å². The number of amides is 2. The molecule has 2 aromatic carbocycles. The second kappa shape index (κ2) is 10.0. The number of nitrogens with one attached hydrogen (secondary N) is 2. The molecule has 2 aromatic rings. The highest BCUT2D eigenvalue weighted by Crippen LogP contribution is 2.16. The molecule has 28 heavy (non-hydrogen) atoms. The minimum absolute atomic E-state index is 0.0267. The zero-order valence-corrected chi connectivity index (χ0v) is 16.5. The minimum atomic E-state index is -0.232. The number of hydrogen-bond donors (Lipinski definition) is 2. The van der Waals surface area contributed by atoms with Gasteiger partial charge in [-0.05, 0) is 56.1 Å². The largest absolute Gasteiger partial charge is 0.350 e. The third kappa shape index (κ3) is 5.92. The number of aryl methyl sites for hydroxylation is 1. The molecule has 0 spiro atoms. The van der Waals surface area contributed by atoms with Gasteiger partial charge >= 0.3 is 0 Å². The molecule has 3 rings (SSSR count). The van der Waals surface area contributed by atoms with Crippen molar-refractivity contribution in [2.75, 3.05) is 19.6 Å². The quantitative estimate of drug-likeness (QED) is 0.777. The van der Waals surface area contributed by atoms with Crippen molar-refractivity contribution in [1.29, 1.82) is 0 Å². The zero-order chi connectivity index (χ0) is 19.8. The maximum Gasteiger partial charge on any atom is 0.251 e. The number of benzene rings is 2. The van der Waals surface area contributed by atoms with Gasteiger partial charge in [0.25, 0.3) is 5.91 Å². The molecular weight excluding hydrogens is 350 g/mol. The first-order valence-corrected chi connectivity index (χ1v) is 10.0. The highest BCUT2D eigenvalue weighted by atomic mass is 16.2. The second-order valence-corrected chi connectivity index (χ2v) is 7.43. The predicted octanol–water partition coefficient (Wildman–Crippen LogP) is 3.03. The van der Waals surface area contributed by atoms with Crippen molar-refractivity contribution in [3.8, 4) is 0 Å². The van der Waals surface area contributed by atoms with Gasteiger partial charge in [0.05, 0.1) is 6.54 Å². The standard InChI is InChI=1S/C23H29N3O2/c1-18-8-7-11-19(14-18)23(28)25-16-22(27)24-15-20-9-3-4-10-21(20)17-26-12-5-2-6-13-26/h3-4,7-11,14H,2,5-6,12-13,15-17H2,1H3,(H,24,27)(H,25,28). The monoisotopic (exact) mass is 379 g/mol. The van der Waals surface area contributed by atoms with E-state index in [4.69, 9.17) is 0 Å². The van der Waals surface area contributed by atoms with Gasteiger partial charge in [0.2, 0.25) is 5.91 Å². The van der Waals surface area contributed by atoms with E-state index in [0.29, 0.717) is 12.1 Å². The van der Waals surface area contributed by atoms with E-state index in [1.807, 2.05) is 37.3 Å². The van der Waals surface area contributed by atoms with E-state index in [1.54, 1.807) is 6.07 Å². The molecule has 0 aromatic heterocycles. The summed E-state index contributed by atoms with van der Waals surface area (Å²) in [5.74, 6) is -0.418. The van der Waals surface area contributed by atoms with Crippen molar-refractivity contribution in [2.45, 2.75) is 39.3 Å². The lowest BCUT2D eigenvalue weighted by atomic mass is 10.0. The molecule has 1 fully saturated rings. The summed E-state index contributed by atoms with van der Waals surface area (Å²) >= 11 is 0. The Bertz CT molecular complexity index is 813. The molecule has 5 heteroatoms. The average molecular weight is 380 g/mol. The Morgan fingerprint density at radius 1 is 0.929 bits per heavy atom. The van der Waals surface area contributed by atoms with Gasteiger partial charge in [-0.15, -0.1) is 0 Å². The molecule has 1 saturated heterocycles. The number of carbonyl (C=O) groups is 2. The number of likely N-dealkylation sites (tertiary alicyclic amines) is 1. The van der Waals surface area contributed by atoms with Crippen LogP contribution in [0.25, 0.3) is 0 Å². The highest BCUT2D eigenvalue weighted by Gasteiger charge is 2.13. The van der Waals surface area contributed by atoms with Crippen LogP contribution >= 0.6 is 0 Å². The fourth-order valence-corrected chi connectivity index (χ4v) is 3.55. The van der Waals surface area contributed by atoms with Crippen molar-refractivity contribution < 1.29 is 9.59 Å². The van der Waals surface area contributed by atoms with E-state index in [0.717, 1.165) is 30.8 Å². The number of rotatable bonds is 7. The fourth-order valence-electron chi connectivity index (χ4n) is 3.55. The van der Waals surface area contributed by atoms with Crippen LogP contribution in [0.4, 0.5) is 0 Å². The lowest BCUT2D eigenvalue weighted by molar-refractivity contribution is -0.120. The van der Waals surface area contributed by atoms with E-state index >= 15 is 0 Å². The molecule has 0 bridgehead atoms. The smallest absolute Gasteiger partial charge is 0.251 e. The highest BCUT2D eigenvalue weighted by molar-refractivity contribution is 5.96. The van der Waals surface area contributed by atoms with Crippen LogP contribution in [0.1, 0.15) is 46.3 Å². The summed E-state index contributed by atoms with van der Waals surface area (Å²) in [7, 11) is 0. The molecule has 2 amide bonds. The Hall–Kier alpha value is -2.66. The van der Waals surface area contributed by atoms with Crippen molar-refractivity contribution in [2.24, 2.45) is 0 Å². The molecule has 0 saturated carbocycles. The Morgan fingerprint density at radius 3 is 2.43 bits per heavy atom. The number of nitrogens with zero attached hydrogens (tertiary/aromatic N) is 1. The van der Waals surface area contributed by atoms with Gasteiger partial charge in [0.1, 0.15) is 0 Å². The maximum absolute atomic E-state index is 12.2. The summed E-state index contributed by atoms with van der Waals surface area (Å²) in [4.78, 5) is 26.8. The third-order valence-electron chi connectivity index (χ3n) is 5.13. The van der Waals surface area contributed by atoms with Crippen molar-refractivity contribution in [3.05, 3.63) is 70.8 Å². The van der Waals surface area contributed by atoms with Gasteiger partial charge in [-0.3, -0.25) is 14.5 Å². The van der Waals surface area contributed by atoms with Gasteiger partial charge in [0.15, 0.2) is 0 Å². The molecule has 1 aliphatic heterocycles. The van der Waals surface area contributed by atoms with Crippen molar-refractivity contribution in [3.63, 3.8) is 0 Å². The molecule has 148 valence electrons. The minimum Gasteiger partial charge on any atom is -0.350 e. The van der Waals surface area contributed by atoms with Crippen LogP contribution in [0.15, 0.2) is 48.5 Å². The van der Waals surface area contributed by atoms with E-state index in [9.17, 15) is 9.59 Å². The zero-order valence-electron chi connectivity index (χ0n) is 16.5. The molecule has 1 heterocycles. The summed E-state index contributed by atoms with van der Waals surface area (Å²) < 4.78 is 0. The fraction of sp³-hybridized carbons (Fsp3) is 0.391. The molecule has 5 nitrogen and oxygen atoms in total. The Kier molecular flexibility index (Phi) is 7.20. The molecule has 0 unspecified atom stereocenters. The second-order valence-electron chi connectivity index (χ2n) is 7.43. The van der Waals surface area contributed by atoms with Crippen LogP contribution in [-0.2, 0) is 17.9 Å². The van der Waals surface area contributed by atoms with E-state index in [2.05, 4.69) is 27.7 Å². The van der Waals surface area contributed by atoms with E-state index in [1.165, 1.54) is 24.8 Å². The summed E-state index contributed by atoms with van der Waals surface area (Å²) in [5.41, 5.74) is 3.97. The number of hydrogen-bond acceptors (Lipinski definition) is 3. The average Bonchev–Trinajstić information content (AvgIpc) is 2.72. The number of piperidine rings is 1. The molecule has 0 aliphatic carbocycles. The lowest BCUT2D eigenvalue weighted by Gasteiger charge is -2.27. The first-order valence-electron chi connectivity index (χ1n) is 10.0. The predicted molar refractivity (Wildman–Crippen MR) is 111 cm³/mol. The summed E-state index contributed by atoms with van der Waals surface area (Å²) in [6.07, 6.45) is 3.85. The molecule has 2 N–H and O–H groups in total. The topological polar surface area (TPSA) is 61.4 Å². The third-order valence-corrected chi connectivity index (χ3v) is 5.13. The SMILES string of the molecule is Cc1cccc(C(=O)NCC(=O)NCc2ccccc2CN2CCCCC2)c1. The van der Waals surface area contributed by atoms with Crippen LogP contribution in [-0.4, -0.2) is 36.3 Å².